The van der Waals surface area contributed by atoms with E-state index in [4.69, 9.17) is 14.2 Å². The van der Waals surface area contributed by atoms with Crippen molar-refractivity contribution < 1.29 is 14.2 Å². The summed E-state index contributed by atoms with van der Waals surface area (Å²) in [4.78, 5) is 2.50. The standard InChI is InChI=1S/C34H37NO3/c1-36-31-16-18-33-28(24-31)11-17-32(27-9-7-26(8-10-27)23-25-5-6-25)34(33)38-30-14-12-29(13-15-30)37-22-21-35-19-3-2-4-20-35/h7-18,24-25H,2-6,19-23H2,1H3. The maximum absolute atomic E-state index is 6.61. The number of rotatable bonds is 10. The molecule has 2 aliphatic rings. The predicted molar refractivity (Wildman–Crippen MR) is 155 cm³/mol. The zero-order valence-corrected chi connectivity index (χ0v) is 22.3. The quantitative estimate of drug-likeness (QED) is 0.217. The lowest BCUT2D eigenvalue weighted by atomic mass is 9.97. The van der Waals surface area contributed by atoms with Gasteiger partial charge in [-0.1, -0.05) is 36.8 Å². The molecule has 196 valence electrons. The fraction of sp³-hybridized carbons (Fsp3) is 0.353. The summed E-state index contributed by atoms with van der Waals surface area (Å²) in [5, 5.41) is 2.15. The second-order valence-corrected chi connectivity index (χ2v) is 10.7. The van der Waals surface area contributed by atoms with Gasteiger partial charge in [-0.25, -0.2) is 0 Å². The van der Waals surface area contributed by atoms with Crippen molar-refractivity contribution in [3.63, 3.8) is 0 Å². The minimum atomic E-state index is 0.715. The first kappa shape index (κ1) is 24.8. The molecule has 1 heterocycles. The van der Waals surface area contributed by atoms with Crippen molar-refractivity contribution >= 4 is 10.8 Å². The normalized spacial score (nSPS) is 15.9. The maximum Gasteiger partial charge on any atom is 0.143 e. The van der Waals surface area contributed by atoms with Crippen molar-refractivity contribution in [1.29, 1.82) is 0 Å². The molecular weight excluding hydrogens is 470 g/mol. The highest BCUT2D eigenvalue weighted by Crippen LogP contribution is 2.41. The zero-order chi connectivity index (χ0) is 25.7. The van der Waals surface area contributed by atoms with E-state index in [-0.39, 0.29) is 0 Å². The molecular formula is C34H37NO3. The molecule has 4 heteroatoms. The number of ether oxygens (including phenoxy) is 3. The molecule has 0 atom stereocenters. The Labute approximate surface area is 226 Å². The number of fused-ring (bicyclic) bond motifs is 1. The van der Waals surface area contributed by atoms with Crippen LogP contribution < -0.4 is 14.2 Å². The van der Waals surface area contributed by atoms with Gasteiger partial charge < -0.3 is 14.2 Å². The number of likely N-dealkylation sites (tertiary alicyclic amines) is 1. The SMILES string of the molecule is COc1ccc2c(Oc3ccc(OCCN4CCCCC4)cc3)c(-c3ccc(CC4CC4)cc3)ccc2c1. The lowest BCUT2D eigenvalue weighted by molar-refractivity contribution is 0.183. The summed E-state index contributed by atoms with van der Waals surface area (Å²) >= 11 is 0. The molecule has 4 nitrogen and oxygen atoms in total. The van der Waals surface area contributed by atoms with Crippen LogP contribution in [0.25, 0.3) is 21.9 Å². The van der Waals surface area contributed by atoms with Gasteiger partial charge in [0.25, 0.3) is 0 Å². The van der Waals surface area contributed by atoms with Crippen LogP contribution in [0.5, 0.6) is 23.0 Å². The van der Waals surface area contributed by atoms with Crippen LogP contribution in [0.1, 0.15) is 37.7 Å². The minimum Gasteiger partial charge on any atom is -0.497 e. The summed E-state index contributed by atoms with van der Waals surface area (Å²) in [5.74, 6) is 4.25. The summed E-state index contributed by atoms with van der Waals surface area (Å²) in [6.45, 7) is 4.09. The van der Waals surface area contributed by atoms with E-state index in [0.717, 1.165) is 57.4 Å². The lowest BCUT2D eigenvalue weighted by Crippen LogP contribution is -2.33. The van der Waals surface area contributed by atoms with Gasteiger partial charge in [-0.05, 0) is 116 Å². The number of methoxy groups -OCH3 is 1. The van der Waals surface area contributed by atoms with Crippen molar-refractivity contribution in [2.45, 2.75) is 38.5 Å². The van der Waals surface area contributed by atoms with Crippen LogP contribution in [0.3, 0.4) is 0 Å². The molecule has 0 radical (unpaired) electrons. The molecule has 6 rings (SSSR count). The van der Waals surface area contributed by atoms with Crippen molar-refractivity contribution in [2.75, 3.05) is 33.4 Å². The summed E-state index contributed by atoms with van der Waals surface area (Å²) < 4.78 is 18.1. The molecule has 0 spiro atoms. The molecule has 1 aliphatic heterocycles. The zero-order valence-electron chi connectivity index (χ0n) is 22.3. The largest absolute Gasteiger partial charge is 0.497 e. The van der Waals surface area contributed by atoms with Crippen LogP contribution in [0.4, 0.5) is 0 Å². The third kappa shape index (κ3) is 5.97. The van der Waals surface area contributed by atoms with E-state index in [1.54, 1.807) is 7.11 Å². The van der Waals surface area contributed by atoms with Gasteiger partial charge in [-0.15, -0.1) is 0 Å². The number of benzene rings is 4. The molecule has 1 aliphatic carbocycles. The Morgan fingerprint density at radius 3 is 2.24 bits per heavy atom. The van der Waals surface area contributed by atoms with Gasteiger partial charge in [0.1, 0.15) is 29.6 Å². The fourth-order valence-corrected chi connectivity index (χ4v) is 5.42. The van der Waals surface area contributed by atoms with E-state index in [9.17, 15) is 0 Å². The van der Waals surface area contributed by atoms with Gasteiger partial charge in [0.05, 0.1) is 7.11 Å². The first-order valence-corrected chi connectivity index (χ1v) is 14.1. The van der Waals surface area contributed by atoms with Crippen LogP contribution >= 0.6 is 0 Å². The molecule has 4 aromatic carbocycles. The molecule has 0 aromatic heterocycles. The van der Waals surface area contributed by atoms with E-state index in [1.807, 2.05) is 30.3 Å². The Balaban J connectivity index is 1.23. The van der Waals surface area contributed by atoms with E-state index in [0.29, 0.717) is 6.61 Å². The summed E-state index contributed by atoms with van der Waals surface area (Å²) in [6.07, 6.45) is 7.90. The van der Waals surface area contributed by atoms with Gasteiger partial charge in [-0.2, -0.15) is 0 Å². The van der Waals surface area contributed by atoms with Crippen LogP contribution in [-0.2, 0) is 6.42 Å². The Morgan fingerprint density at radius 1 is 0.763 bits per heavy atom. The highest BCUT2D eigenvalue weighted by molar-refractivity contribution is 5.96. The Hall–Kier alpha value is -3.50. The Bertz CT molecular complexity index is 1350. The van der Waals surface area contributed by atoms with Gasteiger partial charge in [0, 0.05) is 17.5 Å². The van der Waals surface area contributed by atoms with Crippen molar-refractivity contribution in [1.82, 2.24) is 4.90 Å². The molecule has 38 heavy (non-hydrogen) atoms. The molecule has 4 aromatic rings. The molecule has 2 fully saturated rings. The van der Waals surface area contributed by atoms with Crippen molar-refractivity contribution in [2.24, 2.45) is 5.92 Å². The average Bonchev–Trinajstić information content (AvgIpc) is 3.79. The van der Waals surface area contributed by atoms with Crippen molar-refractivity contribution in [3.8, 4) is 34.1 Å². The third-order valence-corrected chi connectivity index (χ3v) is 7.83. The highest BCUT2D eigenvalue weighted by Gasteiger charge is 2.21. The van der Waals surface area contributed by atoms with Gasteiger partial charge in [0.15, 0.2) is 0 Å². The molecule has 0 unspecified atom stereocenters. The Morgan fingerprint density at radius 2 is 1.50 bits per heavy atom. The number of hydrogen-bond donors (Lipinski definition) is 0. The number of piperidine rings is 1. The van der Waals surface area contributed by atoms with Crippen LogP contribution in [-0.4, -0.2) is 38.3 Å². The minimum absolute atomic E-state index is 0.715. The van der Waals surface area contributed by atoms with E-state index < -0.39 is 0 Å². The van der Waals surface area contributed by atoms with Gasteiger partial charge in [0.2, 0.25) is 0 Å². The second-order valence-electron chi connectivity index (χ2n) is 10.7. The van der Waals surface area contributed by atoms with Gasteiger partial charge in [-0.3, -0.25) is 4.90 Å². The predicted octanol–water partition coefficient (Wildman–Crippen LogP) is 8.12. The fourth-order valence-electron chi connectivity index (χ4n) is 5.42. The molecule has 0 bridgehead atoms. The summed E-state index contributed by atoms with van der Waals surface area (Å²) in [5.41, 5.74) is 3.66. The first-order valence-electron chi connectivity index (χ1n) is 14.1. The Kier molecular flexibility index (Phi) is 7.50. The lowest BCUT2D eigenvalue weighted by Gasteiger charge is -2.26. The van der Waals surface area contributed by atoms with E-state index in [1.165, 1.54) is 57.2 Å². The topological polar surface area (TPSA) is 30.9 Å². The molecule has 1 saturated carbocycles. The van der Waals surface area contributed by atoms with Crippen LogP contribution in [0, 0.1) is 5.92 Å². The molecule has 0 amide bonds. The van der Waals surface area contributed by atoms with Gasteiger partial charge >= 0.3 is 0 Å². The number of nitrogens with zero attached hydrogens (tertiary/aromatic N) is 1. The smallest absolute Gasteiger partial charge is 0.143 e. The molecule has 0 N–H and O–H groups in total. The highest BCUT2D eigenvalue weighted by atomic mass is 16.5. The second kappa shape index (κ2) is 11.5. The summed E-state index contributed by atoms with van der Waals surface area (Å²) in [6, 6.07) is 27.5. The van der Waals surface area contributed by atoms with Crippen LogP contribution in [0.2, 0.25) is 0 Å². The first-order chi connectivity index (χ1) is 18.7. The van der Waals surface area contributed by atoms with Crippen LogP contribution in [0.15, 0.2) is 78.9 Å². The third-order valence-electron chi connectivity index (χ3n) is 7.83. The number of hydrogen-bond acceptors (Lipinski definition) is 4. The van der Waals surface area contributed by atoms with E-state index in [2.05, 4.69) is 53.4 Å². The summed E-state index contributed by atoms with van der Waals surface area (Å²) in [7, 11) is 1.70. The van der Waals surface area contributed by atoms with Crippen molar-refractivity contribution in [3.05, 3.63) is 84.4 Å². The van der Waals surface area contributed by atoms with E-state index >= 15 is 0 Å². The average molecular weight is 508 g/mol. The maximum atomic E-state index is 6.61. The monoisotopic (exact) mass is 507 g/mol. The molecule has 1 saturated heterocycles.